The van der Waals surface area contributed by atoms with Gasteiger partial charge >= 0.3 is 0 Å². The summed E-state index contributed by atoms with van der Waals surface area (Å²) in [5.41, 5.74) is 5.53. The second kappa shape index (κ2) is 12.7. The Hall–Kier alpha value is -1.94. The van der Waals surface area contributed by atoms with Gasteiger partial charge in [0, 0.05) is 18.0 Å². The average molecular weight is 509 g/mol. The quantitative estimate of drug-likeness (QED) is 0.486. The Balaban J connectivity index is 0.000000160. The number of para-hydroxylation sites is 1. The second-order valence-corrected chi connectivity index (χ2v) is 12.1. The smallest absolute Gasteiger partial charge is 0.267 e. The maximum absolute atomic E-state index is 10.6. The summed E-state index contributed by atoms with van der Waals surface area (Å²) in [7, 11) is -7.10. The molecule has 1 saturated heterocycles. The van der Waals surface area contributed by atoms with E-state index in [0.717, 1.165) is 32.2 Å². The molecule has 3 aliphatic rings. The Morgan fingerprint density at radius 1 is 0.971 bits per heavy atom. The number of anilines is 1. The highest BCUT2D eigenvalue weighted by atomic mass is 32.2. The first-order valence-corrected chi connectivity index (χ1v) is 15.1. The predicted molar refractivity (Wildman–Crippen MR) is 134 cm³/mol. The maximum atomic E-state index is 10.6. The summed E-state index contributed by atoms with van der Waals surface area (Å²) in [6, 6.07) is 16.9. The molecule has 0 saturated carbocycles. The number of nitrogens with one attached hydrogen (secondary N) is 1. The fourth-order valence-corrected chi connectivity index (χ4v) is 6.04. The van der Waals surface area contributed by atoms with Crippen molar-refractivity contribution in [2.24, 2.45) is 0 Å². The first kappa shape index (κ1) is 26.7. The van der Waals surface area contributed by atoms with Crippen LogP contribution >= 0.6 is 0 Å². The van der Waals surface area contributed by atoms with Crippen LogP contribution in [0.5, 0.6) is 0 Å². The lowest BCUT2D eigenvalue weighted by Crippen LogP contribution is -2.12. The van der Waals surface area contributed by atoms with E-state index in [1.807, 2.05) is 12.1 Å². The molecule has 5 rings (SSSR count). The van der Waals surface area contributed by atoms with Gasteiger partial charge in [-0.1, -0.05) is 42.5 Å². The zero-order chi connectivity index (χ0) is 24.4. The summed E-state index contributed by atoms with van der Waals surface area (Å²) in [5.74, 6) is 0.403. The van der Waals surface area contributed by atoms with Crippen molar-refractivity contribution in [3.05, 3.63) is 65.2 Å². The van der Waals surface area contributed by atoms with E-state index < -0.39 is 20.2 Å². The number of fused-ring (bicyclic) bond motifs is 2. The van der Waals surface area contributed by atoms with Crippen molar-refractivity contribution in [3.8, 4) is 0 Å². The first-order valence-electron chi connectivity index (χ1n) is 11.9. The van der Waals surface area contributed by atoms with Gasteiger partial charge in [-0.25, -0.2) is 8.42 Å². The minimum absolute atomic E-state index is 0.201. The SMILES string of the molecule is O=S(=O)([O-])CCCC1CCCc2ccccc21.O=S1(=O)CCCO1.c1ccc2c(c1)CCCN2. The molecule has 7 nitrogen and oxygen atoms in total. The van der Waals surface area contributed by atoms with Crippen LogP contribution in [0.2, 0.25) is 0 Å². The molecule has 1 unspecified atom stereocenters. The van der Waals surface area contributed by atoms with Gasteiger partial charge in [0.15, 0.2) is 0 Å². The van der Waals surface area contributed by atoms with Gasteiger partial charge in [0.05, 0.1) is 22.5 Å². The molecule has 0 spiro atoms. The summed E-state index contributed by atoms with van der Waals surface area (Å²) in [6.45, 7) is 1.51. The van der Waals surface area contributed by atoms with Crippen LogP contribution in [0.3, 0.4) is 0 Å². The van der Waals surface area contributed by atoms with Crippen molar-refractivity contribution in [2.75, 3.05) is 30.0 Å². The Kier molecular flexibility index (Phi) is 9.94. The molecule has 188 valence electrons. The molecule has 2 aromatic carbocycles. The monoisotopic (exact) mass is 508 g/mol. The molecule has 1 atom stereocenters. The van der Waals surface area contributed by atoms with Crippen molar-refractivity contribution >= 4 is 25.9 Å². The minimum atomic E-state index is -4.05. The van der Waals surface area contributed by atoms with Gasteiger partial charge in [-0.3, -0.25) is 4.18 Å². The zero-order valence-corrected chi connectivity index (χ0v) is 21.1. The van der Waals surface area contributed by atoms with Crippen LogP contribution in [0.4, 0.5) is 5.69 Å². The lowest BCUT2D eigenvalue weighted by atomic mass is 9.81. The molecule has 2 aromatic rings. The minimum Gasteiger partial charge on any atom is -0.748 e. The Labute approximate surface area is 203 Å². The van der Waals surface area contributed by atoms with Gasteiger partial charge in [-0.2, -0.15) is 8.42 Å². The van der Waals surface area contributed by atoms with E-state index >= 15 is 0 Å². The summed E-state index contributed by atoms with van der Waals surface area (Å²) in [5, 5.41) is 3.36. The first-order chi connectivity index (χ1) is 16.2. The van der Waals surface area contributed by atoms with Crippen LogP contribution in [0, 0.1) is 0 Å². The molecular formula is C25H34NO6S2-. The van der Waals surface area contributed by atoms with Crippen LogP contribution in [0.25, 0.3) is 0 Å². The lowest BCUT2D eigenvalue weighted by molar-refractivity contribution is 0.354. The van der Waals surface area contributed by atoms with E-state index in [2.05, 4.69) is 45.9 Å². The van der Waals surface area contributed by atoms with Gasteiger partial charge in [0.1, 0.15) is 0 Å². The standard InChI is InChI=1S/C13H18O3S.C9H11N.C3H6O3S/c14-17(15,16)10-4-8-12-7-3-6-11-5-1-2-9-13(11)12;1-2-6-9-8(4-1)5-3-7-10-9;4-7(5)3-1-2-6-7/h1-2,5,9,12H,3-4,6-8,10H2,(H,14,15,16);1-2,4,6,10H,3,5,7H2;1-3H2/p-1. The van der Waals surface area contributed by atoms with Crippen LogP contribution in [0.15, 0.2) is 48.5 Å². The molecule has 1 fully saturated rings. The Morgan fingerprint density at radius 3 is 2.32 bits per heavy atom. The fraction of sp³-hybridized carbons (Fsp3) is 0.520. The third kappa shape index (κ3) is 9.02. The Bertz CT molecular complexity index is 1090. The van der Waals surface area contributed by atoms with E-state index in [0.29, 0.717) is 25.4 Å². The molecule has 2 heterocycles. The molecule has 34 heavy (non-hydrogen) atoms. The average Bonchev–Trinajstić information content (AvgIpc) is 3.23. The van der Waals surface area contributed by atoms with Gasteiger partial charge in [0.2, 0.25) is 0 Å². The van der Waals surface area contributed by atoms with Gasteiger partial charge in [0.25, 0.3) is 10.1 Å². The predicted octanol–water partition coefficient (Wildman–Crippen LogP) is 4.21. The number of aryl methyl sites for hydroxylation is 2. The van der Waals surface area contributed by atoms with E-state index in [1.54, 1.807) is 0 Å². The normalized spacial score (nSPS) is 20.3. The second-order valence-electron chi connectivity index (χ2n) is 8.82. The molecule has 1 N–H and O–H groups in total. The highest BCUT2D eigenvalue weighted by Gasteiger charge is 2.19. The zero-order valence-electron chi connectivity index (χ0n) is 19.4. The topological polar surface area (TPSA) is 113 Å². The molecule has 9 heteroatoms. The van der Waals surface area contributed by atoms with Crippen molar-refractivity contribution in [2.45, 2.75) is 57.3 Å². The van der Waals surface area contributed by atoms with E-state index in [4.69, 9.17) is 0 Å². The van der Waals surface area contributed by atoms with E-state index in [1.165, 1.54) is 35.2 Å². The Morgan fingerprint density at radius 2 is 1.68 bits per heavy atom. The van der Waals surface area contributed by atoms with Crippen molar-refractivity contribution < 1.29 is 25.6 Å². The van der Waals surface area contributed by atoms with Crippen LogP contribution in [-0.2, 0) is 37.3 Å². The lowest BCUT2D eigenvalue weighted by Gasteiger charge is -2.25. The molecule has 2 aliphatic heterocycles. The van der Waals surface area contributed by atoms with Crippen LogP contribution in [-0.4, -0.2) is 46.0 Å². The van der Waals surface area contributed by atoms with Crippen molar-refractivity contribution in [1.82, 2.24) is 0 Å². The number of hydrogen-bond donors (Lipinski definition) is 1. The maximum Gasteiger partial charge on any atom is 0.267 e. The summed E-state index contributed by atoms with van der Waals surface area (Å²) >= 11 is 0. The van der Waals surface area contributed by atoms with Crippen LogP contribution in [0.1, 0.15) is 61.1 Å². The summed E-state index contributed by atoms with van der Waals surface area (Å²) in [6.07, 6.45) is 7.83. The van der Waals surface area contributed by atoms with Crippen LogP contribution < -0.4 is 5.32 Å². The molecule has 0 radical (unpaired) electrons. The number of benzene rings is 2. The summed E-state index contributed by atoms with van der Waals surface area (Å²) in [4.78, 5) is 0. The molecule has 1 aliphatic carbocycles. The molecule has 0 aromatic heterocycles. The van der Waals surface area contributed by atoms with E-state index in [9.17, 15) is 21.4 Å². The molecular weight excluding hydrogens is 474 g/mol. The van der Waals surface area contributed by atoms with E-state index in [-0.39, 0.29) is 11.5 Å². The number of rotatable bonds is 4. The highest BCUT2D eigenvalue weighted by Crippen LogP contribution is 2.34. The molecule has 0 amide bonds. The van der Waals surface area contributed by atoms with Crippen molar-refractivity contribution in [3.63, 3.8) is 0 Å². The molecule has 0 bridgehead atoms. The van der Waals surface area contributed by atoms with Gasteiger partial charge < -0.3 is 9.87 Å². The number of hydrogen-bond acceptors (Lipinski definition) is 7. The third-order valence-electron chi connectivity index (χ3n) is 6.20. The fourth-order valence-electron chi connectivity index (χ4n) is 4.55. The van der Waals surface area contributed by atoms with Gasteiger partial charge in [-0.15, -0.1) is 0 Å². The third-order valence-corrected chi connectivity index (χ3v) is 8.30. The highest BCUT2D eigenvalue weighted by molar-refractivity contribution is 7.86. The summed E-state index contributed by atoms with van der Waals surface area (Å²) < 4.78 is 56.4. The van der Waals surface area contributed by atoms with Gasteiger partial charge in [-0.05, 0) is 80.0 Å². The van der Waals surface area contributed by atoms with Crippen molar-refractivity contribution in [1.29, 1.82) is 0 Å². The largest absolute Gasteiger partial charge is 0.748 e.